The van der Waals surface area contributed by atoms with Gasteiger partial charge in [-0.2, -0.15) is 32.2 Å². The number of nitro benzene ring substituents is 1. The van der Waals surface area contributed by atoms with Crippen LogP contribution in [0.25, 0.3) is 10.8 Å². The summed E-state index contributed by atoms with van der Waals surface area (Å²) in [4.78, 5) is 19.6. The molecule has 0 aliphatic rings. The van der Waals surface area contributed by atoms with E-state index < -0.39 is 74.5 Å². The minimum atomic E-state index is -5.24. The number of nitrogen functional groups attached to an aromatic ring is 1. The molecule has 0 aliphatic heterocycles. The number of rotatable bonds is 10. The van der Waals surface area contributed by atoms with Gasteiger partial charge < -0.3 is 15.9 Å². The molecule has 0 heterocycles. The van der Waals surface area contributed by atoms with Crippen molar-refractivity contribution in [2.75, 3.05) is 5.73 Å². The number of hydrogen-bond acceptors (Lipinski definition) is 15. The first-order chi connectivity index (χ1) is 24.0. The van der Waals surface area contributed by atoms with Crippen LogP contribution in [0, 0.1) is 17.0 Å². The number of anilines is 1. The summed E-state index contributed by atoms with van der Waals surface area (Å²) >= 11 is 0. The Labute approximate surface area is 286 Å². The predicted molar refractivity (Wildman–Crippen MR) is 180 cm³/mol. The van der Waals surface area contributed by atoms with Crippen molar-refractivity contribution in [1.29, 1.82) is 0 Å². The van der Waals surface area contributed by atoms with Crippen molar-refractivity contribution in [2.45, 2.75) is 16.7 Å². The van der Waals surface area contributed by atoms with Gasteiger partial charge in [-0.1, -0.05) is 12.1 Å². The Hall–Kier alpha value is -6.55. The molecule has 19 nitrogen and oxygen atoms in total. The van der Waals surface area contributed by atoms with Crippen LogP contribution in [0.4, 0.5) is 45.5 Å². The molecule has 51 heavy (non-hydrogen) atoms. The van der Waals surface area contributed by atoms with Crippen LogP contribution in [0.3, 0.4) is 0 Å². The molecular formula is C30H22N8O11S2. The highest BCUT2D eigenvalue weighted by Gasteiger charge is 2.28. The molecule has 0 spiro atoms. The van der Waals surface area contributed by atoms with Crippen molar-refractivity contribution in [3.05, 3.63) is 100 Å². The van der Waals surface area contributed by atoms with Crippen molar-refractivity contribution >= 4 is 82.5 Å². The van der Waals surface area contributed by atoms with Gasteiger partial charge in [-0.3, -0.25) is 19.2 Å². The fourth-order valence-electron chi connectivity index (χ4n) is 4.62. The zero-order valence-corrected chi connectivity index (χ0v) is 27.3. The molecule has 21 heteroatoms. The molecule has 0 aliphatic carbocycles. The number of carboxylic acid groups (broad SMARTS) is 1. The normalized spacial score (nSPS) is 12.4. The smallest absolute Gasteiger partial charge is 0.337 e. The maximum atomic E-state index is 12.4. The van der Waals surface area contributed by atoms with Gasteiger partial charge in [0, 0.05) is 17.5 Å². The second kappa shape index (κ2) is 13.8. The topological polar surface area (TPSA) is 310 Å². The first kappa shape index (κ1) is 35.7. The van der Waals surface area contributed by atoms with Crippen molar-refractivity contribution in [3.63, 3.8) is 0 Å². The Bertz CT molecular complexity index is 2570. The minimum absolute atomic E-state index is 0.0385. The van der Waals surface area contributed by atoms with Crippen molar-refractivity contribution in [1.82, 2.24) is 0 Å². The molecule has 0 unspecified atom stereocenters. The van der Waals surface area contributed by atoms with E-state index in [1.54, 1.807) is 19.1 Å². The fourth-order valence-corrected chi connectivity index (χ4v) is 5.97. The van der Waals surface area contributed by atoms with Gasteiger partial charge in [0.15, 0.2) is 5.75 Å². The summed E-state index contributed by atoms with van der Waals surface area (Å²) in [5.41, 5.74) is 5.30. The molecule has 0 amide bonds. The lowest BCUT2D eigenvalue weighted by atomic mass is 10.0. The van der Waals surface area contributed by atoms with E-state index >= 15 is 0 Å². The number of azo groups is 3. The zero-order chi connectivity index (χ0) is 37.2. The Morgan fingerprint density at radius 2 is 1.33 bits per heavy atom. The van der Waals surface area contributed by atoms with Crippen LogP contribution in [0.15, 0.2) is 119 Å². The maximum absolute atomic E-state index is 12.4. The Morgan fingerprint density at radius 3 is 1.94 bits per heavy atom. The average Bonchev–Trinajstić information content (AvgIpc) is 3.06. The summed E-state index contributed by atoms with van der Waals surface area (Å²) < 4.78 is 69.4. The lowest BCUT2D eigenvalue weighted by Crippen LogP contribution is -2.04. The molecule has 0 bridgehead atoms. The van der Waals surface area contributed by atoms with Crippen molar-refractivity contribution < 1.29 is 45.9 Å². The van der Waals surface area contributed by atoms with Crippen LogP contribution in [-0.2, 0) is 20.2 Å². The third-order valence-corrected chi connectivity index (χ3v) is 8.81. The van der Waals surface area contributed by atoms with Gasteiger partial charge in [0.2, 0.25) is 0 Å². The number of aromatic hydroxyl groups is 1. The van der Waals surface area contributed by atoms with Gasteiger partial charge in [0.25, 0.3) is 25.9 Å². The largest absolute Gasteiger partial charge is 0.505 e. The number of phenols is 1. The number of aryl methyl sites for hydroxylation is 1. The summed E-state index contributed by atoms with van der Waals surface area (Å²) in [5.74, 6) is -2.27. The van der Waals surface area contributed by atoms with E-state index in [1.165, 1.54) is 30.3 Å². The molecule has 0 saturated carbocycles. The number of fused-ring (bicyclic) bond motifs is 1. The summed E-state index contributed by atoms with van der Waals surface area (Å²) in [7, 11) is -10.4. The molecule has 0 atom stereocenters. The number of benzene rings is 5. The first-order valence-electron chi connectivity index (χ1n) is 14.0. The average molecular weight is 735 g/mol. The summed E-state index contributed by atoms with van der Waals surface area (Å²) in [5, 5.41) is 53.9. The molecule has 0 fully saturated rings. The molecule has 6 N–H and O–H groups in total. The molecule has 0 radical (unpaired) electrons. The Morgan fingerprint density at radius 1 is 0.745 bits per heavy atom. The number of nitrogens with two attached hydrogens (primary N) is 1. The van der Waals surface area contributed by atoms with Gasteiger partial charge in [0.1, 0.15) is 26.9 Å². The SMILES string of the molecule is Cc1cc(N=Nc2cc(S(=O)(=O)O)c3cc(S(=O)(=O)O)c(N=Nc4ccc([N+](=O)[O-])cc4)c(O)c3c2N)ccc1N=Nc1ccccc1C(=O)O. The van der Waals surface area contributed by atoms with Crippen LogP contribution in [0.2, 0.25) is 0 Å². The van der Waals surface area contributed by atoms with E-state index in [0.29, 0.717) is 17.3 Å². The standard InChI is InChI=1S/C30H22N8O11S2/c1-15-12-17(8-11-21(15)34-35-22-5-3-2-4-19(22)30(40)41)33-36-23-14-24(50(44,45)46)20-13-25(51(47,48)49)28(29(39)26(20)27(23)31)37-32-16-6-9-18(10-7-16)38(42)43/h2-14,39H,31H2,1H3,(H,40,41)(H,44,45,46)(H,47,48,49). The summed E-state index contributed by atoms with van der Waals surface area (Å²) in [6.45, 7) is 1.65. The second-order valence-electron chi connectivity index (χ2n) is 10.4. The highest BCUT2D eigenvalue weighted by atomic mass is 32.2. The third kappa shape index (κ3) is 7.70. The second-order valence-corrected chi connectivity index (χ2v) is 13.2. The summed E-state index contributed by atoms with van der Waals surface area (Å²) in [6, 6.07) is 16.3. The van der Waals surface area contributed by atoms with Gasteiger partial charge in [-0.25, -0.2) is 4.79 Å². The summed E-state index contributed by atoms with van der Waals surface area (Å²) in [6.07, 6.45) is 0. The lowest BCUT2D eigenvalue weighted by molar-refractivity contribution is -0.384. The van der Waals surface area contributed by atoms with Gasteiger partial charge in [-0.05, 0) is 67.1 Å². The fraction of sp³-hybridized carbons (Fsp3) is 0.0333. The van der Waals surface area contributed by atoms with Crippen LogP contribution >= 0.6 is 0 Å². The van der Waals surface area contributed by atoms with Crippen LogP contribution in [0.1, 0.15) is 15.9 Å². The van der Waals surface area contributed by atoms with Crippen molar-refractivity contribution in [2.24, 2.45) is 30.7 Å². The highest BCUT2D eigenvalue weighted by Crippen LogP contribution is 2.48. The molecule has 0 aromatic heterocycles. The van der Waals surface area contributed by atoms with Gasteiger partial charge >= 0.3 is 5.97 Å². The van der Waals surface area contributed by atoms with Crippen molar-refractivity contribution in [3.8, 4) is 5.75 Å². The van der Waals surface area contributed by atoms with E-state index in [0.717, 1.165) is 30.3 Å². The van der Waals surface area contributed by atoms with E-state index in [2.05, 4.69) is 30.7 Å². The predicted octanol–water partition coefficient (Wildman–Crippen LogP) is 7.78. The van der Waals surface area contributed by atoms with E-state index in [4.69, 9.17) is 5.73 Å². The number of nitrogens with zero attached hydrogens (tertiary/aromatic N) is 7. The molecule has 5 aromatic rings. The van der Waals surface area contributed by atoms with E-state index in [1.807, 2.05) is 0 Å². The van der Waals surface area contributed by atoms with Crippen LogP contribution in [-0.4, -0.2) is 47.0 Å². The number of non-ortho nitro benzene ring substituents is 1. The monoisotopic (exact) mass is 734 g/mol. The van der Waals surface area contributed by atoms with E-state index in [-0.39, 0.29) is 28.3 Å². The highest BCUT2D eigenvalue weighted by molar-refractivity contribution is 7.86. The maximum Gasteiger partial charge on any atom is 0.337 e. The number of hydrogen-bond donors (Lipinski definition) is 5. The van der Waals surface area contributed by atoms with Crippen LogP contribution < -0.4 is 5.73 Å². The number of phenolic OH excluding ortho intramolecular Hbond substituents is 1. The minimum Gasteiger partial charge on any atom is -0.505 e. The Balaban J connectivity index is 1.60. The quantitative estimate of drug-likeness (QED) is 0.0302. The number of carboxylic acids is 1. The van der Waals surface area contributed by atoms with E-state index in [9.17, 15) is 51.1 Å². The Kier molecular flexibility index (Phi) is 9.64. The zero-order valence-electron chi connectivity index (χ0n) is 25.7. The van der Waals surface area contributed by atoms with Gasteiger partial charge in [-0.15, -0.1) is 15.3 Å². The van der Waals surface area contributed by atoms with Crippen LogP contribution in [0.5, 0.6) is 5.75 Å². The third-order valence-electron chi connectivity index (χ3n) is 7.05. The number of carbonyl (C=O) groups is 1. The number of aromatic carboxylic acids is 1. The lowest BCUT2D eigenvalue weighted by Gasteiger charge is -2.14. The molecule has 5 aromatic carbocycles. The first-order valence-corrected chi connectivity index (χ1v) is 16.8. The number of nitro groups is 1. The molecule has 5 rings (SSSR count). The van der Waals surface area contributed by atoms with Gasteiger partial charge in [0.05, 0.1) is 38.6 Å². The molecule has 260 valence electrons. The molecular weight excluding hydrogens is 713 g/mol. The molecule has 0 saturated heterocycles.